The van der Waals surface area contributed by atoms with Crippen LogP contribution in [0.5, 0.6) is 11.5 Å². The molecule has 1 unspecified atom stereocenters. The maximum atomic E-state index is 10.8. The van der Waals surface area contributed by atoms with Crippen LogP contribution in [0.25, 0.3) is 0 Å². The lowest BCUT2D eigenvalue weighted by molar-refractivity contribution is 0.467. The molecule has 0 heterocycles. The second kappa shape index (κ2) is 18.2. The van der Waals surface area contributed by atoms with Gasteiger partial charge in [0.05, 0.1) is 53.6 Å². The molecule has 49 heavy (non-hydrogen) atoms. The molecule has 0 radical (unpaired) electrons. The predicted octanol–water partition coefficient (Wildman–Crippen LogP) is 13.2. The number of alkyl halides is 1. The van der Waals surface area contributed by atoms with E-state index in [4.69, 9.17) is 102 Å². The standard InChI is InChI=1S/C15H12Br4O2.2C6H2Cl4O3S/c1-15(7-16,8-2-3-13(20)10(17)4-8)9-5-11(18)14(21)12(19)6-9;2*7-2-1-3(14(11,12)13)5(9)6(10)4(2)8/h2-6,20-21H,7H2,1H3;2*1H,(H,11,12,13). The van der Waals surface area contributed by atoms with E-state index in [2.05, 4.69) is 70.6 Å². The van der Waals surface area contributed by atoms with E-state index in [1.807, 2.05) is 24.3 Å². The van der Waals surface area contributed by atoms with Gasteiger partial charge in [-0.15, -0.1) is 0 Å². The summed E-state index contributed by atoms with van der Waals surface area (Å²) in [6.07, 6.45) is 0. The maximum Gasteiger partial charge on any atom is 0.296 e. The Labute approximate surface area is 354 Å². The Morgan fingerprint density at radius 2 is 0.959 bits per heavy atom. The molecule has 0 aromatic heterocycles. The Morgan fingerprint density at radius 1 is 0.592 bits per heavy atom. The largest absolute Gasteiger partial charge is 0.507 e. The van der Waals surface area contributed by atoms with Gasteiger partial charge < -0.3 is 10.2 Å². The molecule has 0 fully saturated rings. The van der Waals surface area contributed by atoms with E-state index in [0.29, 0.717) is 18.7 Å². The molecule has 4 aromatic rings. The molecule has 4 aromatic carbocycles. The lowest BCUT2D eigenvalue weighted by atomic mass is 9.78. The molecule has 0 aliphatic heterocycles. The van der Waals surface area contributed by atoms with Crippen LogP contribution in [0.1, 0.15) is 18.1 Å². The topological polar surface area (TPSA) is 149 Å². The molecule has 0 amide bonds. The summed E-state index contributed by atoms with van der Waals surface area (Å²) in [6, 6.07) is 11.1. The molecule has 0 aliphatic carbocycles. The summed E-state index contributed by atoms with van der Waals surface area (Å²) >= 11 is 58.2. The smallest absolute Gasteiger partial charge is 0.296 e. The zero-order valence-corrected chi connectivity index (χ0v) is 37.5. The molecule has 0 saturated carbocycles. The molecule has 268 valence electrons. The second-order valence-corrected chi connectivity index (χ2v) is 18.5. The fourth-order valence-corrected chi connectivity index (χ4v) is 9.37. The van der Waals surface area contributed by atoms with Crippen molar-refractivity contribution in [1.29, 1.82) is 0 Å². The number of rotatable bonds is 5. The van der Waals surface area contributed by atoms with Crippen LogP contribution in [0.2, 0.25) is 40.2 Å². The minimum atomic E-state index is -4.45. The summed E-state index contributed by atoms with van der Waals surface area (Å²) in [5.41, 5.74) is 1.77. The van der Waals surface area contributed by atoms with Crippen LogP contribution in [-0.4, -0.2) is 41.5 Å². The van der Waals surface area contributed by atoms with Crippen molar-refractivity contribution in [2.45, 2.75) is 22.1 Å². The summed E-state index contributed by atoms with van der Waals surface area (Å²) in [7, 11) is -8.91. The highest BCUT2D eigenvalue weighted by Crippen LogP contribution is 2.43. The predicted molar refractivity (Wildman–Crippen MR) is 212 cm³/mol. The van der Waals surface area contributed by atoms with Crippen molar-refractivity contribution in [3.63, 3.8) is 0 Å². The third-order valence-corrected chi connectivity index (χ3v) is 14.6. The Hall–Kier alpha value is 0.540. The minimum absolute atomic E-state index is 0.0641. The molecule has 8 nitrogen and oxygen atoms in total. The summed E-state index contributed by atoms with van der Waals surface area (Å²) < 4.78 is 62.5. The number of phenolic OH excluding ortho intramolecular Hbond substituents is 2. The summed E-state index contributed by atoms with van der Waals surface area (Å²) in [4.78, 5) is -1.14. The van der Waals surface area contributed by atoms with E-state index in [0.717, 1.165) is 23.3 Å². The molecule has 0 aliphatic rings. The number of hydrogen-bond donors (Lipinski definition) is 4. The quantitative estimate of drug-likeness (QED) is 0.0668. The van der Waals surface area contributed by atoms with Gasteiger partial charge in [-0.2, -0.15) is 16.8 Å². The summed E-state index contributed by atoms with van der Waals surface area (Å²) in [6.45, 7) is 2.10. The number of phenols is 2. The van der Waals surface area contributed by atoms with Crippen LogP contribution >= 0.6 is 157 Å². The van der Waals surface area contributed by atoms with E-state index in [9.17, 15) is 27.0 Å². The average Bonchev–Trinajstić information content (AvgIpc) is 3.01. The Bertz CT molecular complexity index is 2030. The highest BCUT2D eigenvalue weighted by molar-refractivity contribution is 9.11. The van der Waals surface area contributed by atoms with Crippen molar-refractivity contribution in [3.05, 3.63) is 107 Å². The van der Waals surface area contributed by atoms with Gasteiger partial charge in [-0.1, -0.05) is 122 Å². The molecular weight excluding hydrogens is 1120 g/mol. The van der Waals surface area contributed by atoms with E-state index in [-0.39, 0.29) is 57.1 Å². The van der Waals surface area contributed by atoms with Crippen molar-refractivity contribution in [2.24, 2.45) is 0 Å². The van der Waals surface area contributed by atoms with Crippen molar-refractivity contribution < 1.29 is 36.2 Å². The first kappa shape index (κ1) is 45.7. The van der Waals surface area contributed by atoms with E-state index in [1.165, 1.54) is 0 Å². The monoisotopic (exact) mass is 1130 g/mol. The van der Waals surface area contributed by atoms with E-state index < -0.39 is 30.0 Å². The van der Waals surface area contributed by atoms with Gasteiger partial charge in [0, 0.05) is 10.7 Å². The van der Waals surface area contributed by atoms with Gasteiger partial charge in [0.15, 0.2) is 0 Å². The number of aromatic hydroxyl groups is 2. The van der Waals surface area contributed by atoms with Crippen molar-refractivity contribution in [2.75, 3.05) is 5.33 Å². The average molecular weight is 1140 g/mol. The third kappa shape index (κ3) is 11.3. The van der Waals surface area contributed by atoms with Gasteiger partial charge in [0.1, 0.15) is 21.3 Å². The molecule has 0 spiro atoms. The van der Waals surface area contributed by atoms with Crippen LogP contribution in [-0.2, 0) is 25.7 Å². The Kier molecular flexibility index (Phi) is 17.0. The lowest BCUT2D eigenvalue weighted by Crippen LogP contribution is -2.25. The highest BCUT2D eigenvalue weighted by Gasteiger charge is 2.30. The molecule has 1 atom stereocenters. The first-order valence-electron chi connectivity index (χ1n) is 12.1. The van der Waals surface area contributed by atoms with Crippen LogP contribution in [0.4, 0.5) is 0 Å². The van der Waals surface area contributed by atoms with Crippen LogP contribution in [0, 0.1) is 0 Å². The van der Waals surface area contributed by atoms with E-state index >= 15 is 0 Å². The fraction of sp³-hybridized carbons (Fsp3) is 0.111. The maximum absolute atomic E-state index is 10.8. The Balaban J connectivity index is 0.000000264. The van der Waals surface area contributed by atoms with Gasteiger partial charge >= 0.3 is 0 Å². The molecule has 0 saturated heterocycles. The zero-order valence-electron chi connectivity index (χ0n) is 23.5. The first-order chi connectivity index (χ1) is 22.3. The number of hydrogen-bond acceptors (Lipinski definition) is 6. The third-order valence-electron chi connectivity index (χ3n) is 6.20. The molecule has 4 N–H and O–H groups in total. The van der Waals surface area contributed by atoms with Crippen molar-refractivity contribution >= 4 is 177 Å². The van der Waals surface area contributed by atoms with Gasteiger partial charge in [-0.05, 0) is 95.3 Å². The summed E-state index contributed by atoms with van der Waals surface area (Å²) in [5.74, 6) is 0.395. The van der Waals surface area contributed by atoms with Gasteiger partial charge in [-0.3, -0.25) is 9.11 Å². The molecule has 22 heteroatoms. The molecule has 0 bridgehead atoms. The van der Waals surface area contributed by atoms with Crippen molar-refractivity contribution in [3.8, 4) is 11.5 Å². The first-order valence-corrected chi connectivity index (χ1v) is 21.5. The molecule has 4 rings (SSSR count). The highest BCUT2D eigenvalue weighted by atomic mass is 79.9. The van der Waals surface area contributed by atoms with Crippen LogP contribution < -0.4 is 0 Å². The van der Waals surface area contributed by atoms with Crippen LogP contribution in [0.15, 0.2) is 65.7 Å². The van der Waals surface area contributed by atoms with Crippen molar-refractivity contribution in [1.82, 2.24) is 0 Å². The van der Waals surface area contributed by atoms with E-state index in [1.54, 1.807) is 6.07 Å². The van der Waals surface area contributed by atoms with Gasteiger partial charge in [0.2, 0.25) is 0 Å². The van der Waals surface area contributed by atoms with Crippen LogP contribution in [0.3, 0.4) is 0 Å². The van der Waals surface area contributed by atoms with Gasteiger partial charge in [-0.25, -0.2) is 0 Å². The summed E-state index contributed by atoms with van der Waals surface area (Å²) in [5, 5.41) is 18.8. The minimum Gasteiger partial charge on any atom is -0.507 e. The van der Waals surface area contributed by atoms with Gasteiger partial charge in [0.25, 0.3) is 20.2 Å². The number of halogens is 12. The second-order valence-electron chi connectivity index (χ2n) is 9.47. The fourth-order valence-electron chi connectivity index (χ4n) is 3.53. The SMILES string of the molecule is CC(CBr)(c1ccc(O)c(Br)c1)c1cc(Br)c(O)c(Br)c1.O=S(=O)(O)c1cc(Cl)c(Cl)c(Cl)c1Cl.O=S(=O)(O)c1cc(Cl)c(Cl)c(Cl)c1Cl. The normalized spacial score (nSPS) is 12.7. The number of benzene rings is 4. The lowest BCUT2D eigenvalue weighted by Gasteiger charge is -2.30. The zero-order chi connectivity index (χ0) is 38.0. The molecular formula is C27H16Br4Cl8O8S2. The Morgan fingerprint density at radius 3 is 1.29 bits per heavy atom.